The number of ether oxygens (including phenoxy) is 1. The van der Waals surface area contributed by atoms with Gasteiger partial charge in [-0.1, -0.05) is 32.9 Å². The summed E-state index contributed by atoms with van der Waals surface area (Å²) in [6.07, 6.45) is 2.23. The summed E-state index contributed by atoms with van der Waals surface area (Å²) in [6, 6.07) is 11.8. The molecule has 2 atom stereocenters. The van der Waals surface area contributed by atoms with E-state index in [1.54, 1.807) is 6.26 Å². The van der Waals surface area contributed by atoms with Gasteiger partial charge in [0.2, 0.25) is 0 Å². The molecule has 0 spiro atoms. The van der Waals surface area contributed by atoms with Crippen LogP contribution in [0, 0.1) is 0 Å². The van der Waals surface area contributed by atoms with Gasteiger partial charge in [0, 0.05) is 6.04 Å². The van der Waals surface area contributed by atoms with Crippen LogP contribution in [0.2, 0.25) is 0 Å². The Balaban J connectivity index is 2.22. The van der Waals surface area contributed by atoms with Crippen molar-refractivity contribution in [2.24, 2.45) is 5.73 Å². The molecule has 0 fully saturated rings. The average molecular weight is 273 g/mol. The van der Waals surface area contributed by atoms with E-state index in [1.807, 2.05) is 24.3 Å². The molecule has 2 aromatic rings. The van der Waals surface area contributed by atoms with Gasteiger partial charge in [-0.2, -0.15) is 0 Å². The summed E-state index contributed by atoms with van der Waals surface area (Å²) in [4.78, 5) is 0. The quantitative estimate of drug-likeness (QED) is 0.855. The second kappa shape index (κ2) is 6.62. The third-order valence-corrected chi connectivity index (χ3v) is 3.47. The van der Waals surface area contributed by atoms with E-state index in [1.165, 1.54) is 5.56 Å². The van der Waals surface area contributed by atoms with Crippen molar-refractivity contribution in [3.8, 4) is 5.75 Å². The van der Waals surface area contributed by atoms with Crippen LogP contribution in [-0.4, -0.2) is 6.04 Å². The molecule has 2 N–H and O–H groups in total. The standard InChI is InChI=1S/C17H23NO2/c1-4-15(18)17(16-9-6-10-19-16)20-14-8-5-7-13(11-14)12(2)3/h5-12,15,17H,4,18H2,1-3H3. The predicted octanol–water partition coefficient (Wildman–Crippen LogP) is 4.26. The summed E-state index contributed by atoms with van der Waals surface area (Å²) in [5, 5.41) is 0. The molecule has 0 aliphatic carbocycles. The molecule has 108 valence electrons. The highest BCUT2D eigenvalue weighted by molar-refractivity contribution is 5.31. The van der Waals surface area contributed by atoms with Crippen molar-refractivity contribution >= 4 is 0 Å². The molecule has 20 heavy (non-hydrogen) atoms. The molecule has 0 aliphatic rings. The maximum absolute atomic E-state index is 6.17. The summed E-state index contributed by atoms with van der Waals surface area (Å²) in [6.45, 7) is 6.39. The van der Waals surface area contributed by atoms with Gasteiger partial charge in [0.05, 0.1) is 6.26 Å². The molecule has 3 nitrogen and oxygen atoms in total. The van der Waals surface area contributed by atoms with Crippen LogP contribution in [0.3, 0.4) is 0 Å². The van der Waals surface area contributed by atoms with Crippen molar-refractivity contribution < 1.29 is 9.15 Å². The lowest BCUT2D eigenvalue weighted by Crippen LogP contribution is -2.31. The Morgan fingerprint density at radius 3 is 2.60 bits per heavy atom. The Hall–Kier alpha value is -1.74. The van der Waals surface area contributed by atoms with E-state index in [-0.39, 0.29) is 12.1 Å². The van der Waals surface area contributed by atoms with Gasteiger partial charge in [-0.05, 0) is 42.2 Å². The number of benzene rings is 1. The minimum absolute atomic E-state index is 0.0937. The molecule has 0 aliphatic heterocycles. The lowest BCUT2D eigenvalue weighted by atomic mass is 10.0. The van der Waals surface area contributed by atoms with Crippen LogP contribution >= 0.6 is 0 Å². The zero-order valence-electron chi connectivity index (χ0n) is 12.4. The third kappa shape index (κ3) is 3.42. The first-order valence-electron chi connectivity index (χ1n) is 7.17. The smallest absolute Gasteiger partial charge is 0.171 e. The van der Waals surface area contributed by atoms with Crippen LogP contribution in [0.15, 0.2) is 47.1 Å². The SMILES string of the molecule is CCC(N)C(Oc1cccc(C(C)C)c1)c1ccco1. The fourth-order valence-corrected chi connectivity index (χ4v) is 2.12. The van der Waals surface area contributed by atoms with Gasteiger partial charge < -0.3 is 14.9 Å². The molecular weight excluding hydrogens is 250 g/mol. The van der Waals surface area contributed by atoms with Crippen molar-refractivity contribution in [2.75, 3.05) is 0 Å². The van der Waals surface area contributed by atoms with Crippen molar-refractivity contribution in [1.82, 2.24) is 0 Å². The molecular formula is C17H23NO2. The van der Waals surface area contributed by atoms with Crippen LogP contribution in [0.25, 0.3) is 0 Å². The minimum atomic E-state index is -0.252. The Morgan fingerprint density at radius 1 is 1.20 bits per heavy atom. The van der Waals surface area contributed by atoms with E-state index in [2.05, 4.69) is 32.9 Å². The highest BCUT2D eigenvalue weighted by Crippen LogP contribution is 2.28. The van der Waals surface area contributed by atoms with Gasteiger partial charge in [0.15, 0.2) is 6.10 Å². The Morgan fingerprint density at radius 2 is 2.00 bits per heavy atom. The lowest BCUT2D eigenvalue weighted by molar-refractivity contribution is 0.144. The van der Waals surface area contributed by atoms with Crippen LogP contribution in [0.1, 0.15) is 50.5 Å². The molecule has 1 heterocycles. The average Bonchev–Trinajstić information content (AvgIpc) is 2.98. The summed E-state index contributed by atoms with van der Waals surface area (Å²) in [5.74, 6) is 2.08. The summed E-state index contributed by atoms with van der Waals surface area (Å²) < 4.78 is 11.5. The Kier molecular flexibility index (Phi) is 4.85. The van der Waals surface area contributed by atoms with Gasteiger partial charge in [-0.15, -0.1) is 0 Å². The number of rotatable bonds is 6. The largest absolute Gasteiger partial charge is 0.481 e. The van der Waals surface area contributed by atoms with Gasteiger partial charge >= 0.3 is 0 Å². The first kappa shape index (κ1) is 14.7. The van der Waals surface area contributed by atoms with E-state index < -0.39 is 0 Å². The molecule has 1 aromatic carbocycles. The van der Waals surface area contributed by atoms with Crippen LogP contribution in [-0.2, 0) is 0 Å². The molecule has 0 bridgehead atoms. The van der Waals surface area contributed by atoms with Gasteiger partial charge in [-0.3, -0.25) is 0 Å². The maximum Gasteiger partial charge on any atom is 0.171 e. The second-order valence-electron chi connectivity index (χ2n) is 5.35. The van der Waals surface area contributed by atoms with Crippen molar-refractivity contribution in [3.63, 3.8) is 0 Å². The normalized spacial score (nSPS) is 14.2. The zero-order chi connectivity index (χ0) is 14.5. The molecule has 0 radical (unpaired) electrons. The van der Waals surface area contributed by atoms with Gasteiger partial charge in [0.25, 0.3) is 0 Å². The Labute approximate surface area is 120 Å². The number of hydrogen-bond acceptors (Lipinski definition) is 3. The molecule has 0 saturated carbocycles. The minimum Gasteiger partial charge on any atom is -0.481 e. The summed E-state index contributed by atoms with van der Waals surface area (Å²) in [5.41, 5.74) is 7.42. The van der Waals surface area contributed by atoms with Gasteiger partial charge in [0.1, 0.15) is 11.5 Å². The fraction of sp³-hybridized carbons (Fsp3) is 0.412. The molecule has 0 amide bonds. The number of nitrogens with two attached hydrogens (primary N) is 1. The molecule has 1 aromatic heterocycles. The predicted molar refractivity (Wildman–Crippen MR) is 80.9 cm³/mol. The van der Waals surface area contributed by atoms with E-state index >= 15 is 0 Å². The van der Waals surface area contributed by atoms with Crippen molar-refractivity contribution in [2.45, 2.75) is 45.3 Å². The second-order valence-corrected chi connectivity index (χ2v) is 5.35. The molecule has 2 rings (SSSR count). The van der Waals surface area contributed by atoms with E-state index in [0.29, 0.717) is 5.92 Å². The highest BCUT2D eigenvalue weighted by atomic mass is 16.5. The Bertz CT molecular complexity index is 520. The van der Waals surface area contributed by atoms with E-state index in [0.717, 1.165) is 17.9 Å². The highest BCUT2D eigenvalue weighted by Gasteiger charge is 2.23. The molecule has 3 heteroatoms. The summed E-state index contributed by atoms with van der Waals surface area (Å²) >= 11 is 0. The zero-order valence-corrected chi connectivity index (χ0v) is 12.4. The first-order chi connectivity index (χ1) is 9.61. The van der Waals surface area contributed by atoms with Crippen LogP contribution in [0.5, 0.6) is 5.75 Å². The van der Waals surface area contributed by atoms with Crippen molar-refractivity contribution in [1.29, 1.82) is 0 Å². The fourth-order valence-electron chi connectivity index (χ4n) is 2.12. The van der Waals surface area contributed by atoms with E-state index in [9.17, 15) is 0 Å². The lowest BCUT2D eigenvalue weighted by Gasteiger charge is -2.23. The molecule has 2 unspecified atom stereocenters. The summed E-state index contributed by atoms with van der Waals surface area (Å²) in [7, 11) is 0. The maximum atomic E-state index is 6.17. The van der Waals surface area contributed by atoms with Crippen LogP contribution < -0.4 is 10.5 Å². The topological polar surface area (TPSA) is 48.4 Å². The number of hydrogen-bond donors (Lipinski definition) is 1. The van der Waals surface area contributed by atoms with Gasteiger partial charge in [-0.25, -0.2) is 0 Å². The third-order valence-electron chi connectivity index (χ3n) is 3.47. The van der Waals surface area contributed by atoms with E-state index in [4.69, 9.17) is 14.9 Å². The molecule has 0 saturated heterocycles. The van der Waals surface area contributed by atoms with Crippen molar-refractivity contribution in [3.05, 3.63) is 54.0 Å². The number of furan rings is 1. The monoisotopic (exact) mass is 273 g/mol. The first-order valence-corrected chi connectivity index (χ1v) is 7.17. The van der Waals surface area contributed by atoms with Crippen LogP contribution in [0.4, 0.5) is 0 Å².